The Kier molecular flexibility index (Phi) is 5.63. The Labute approximate surface area is 129 Å². The van der Waals surface area contributed by atoms with Gasteiger partial charge in [-0.15, -0.1) is 0 Å². The van der Waals surface area contributed by atoms with Crippen LogP contribution < -0.4 is 0 Å². The lowest BCUT2D eigenvalue weighted by atomic mass is 9.91. The summed E-state index contributed by atoms with van der Waals surface area (Å²) >= 11 is 0. The predicted octanol–water partition coefficient (Wildman–Crippen LogP) is 1.04. The van der Waals surface area contributed by atoms with E-state index < -0.39 is 0 Å². The Hall–Kier alpha value is -0.650. The summed E-state index contributed by atoms with van der Waals surface area (Å²) in [4.78, 5) is 19.5. The summed E-state index contributed by atoms with van der Waals surface area (Å²) < 4.78 is 5.24. The Morgan fingerprint density at radius 2 is 1.86 bits per heavy atom. The number of hydrogen-bond acceptors (Lipinski definition) is 5. The van der Waals surface area contributed by atoms with Crippen LogP contribution in [0.25, 0.3) is 0 Å². The van der Waals surface area contributed by atoms with Crippen LogP contribution in [0.2, 0.25) is 0 Å². The Balaban J connectivity index is 2.09. The number of likely N-dealkylation sites (tertiary alicyclic amines) is 1. The first-order valence-electron chi connectivity index (χ1n) is 8.30. The number of hydrogen-bond donors (Lipinski definition) is 0. The molecule has 0 N–H and O–H groups in total. The SMILES string of the molecule is CCOC(=O)CC1(N2CCN(C)CC2)CCN(C(C)C)C1. The second-order valence-corrected chi connectivity index (χ2v) is 6.81. The molecule has 0 radical (unpaired) electrons. The molecule has 1 atom stereocenters. The number of nitrogens with zero attached hydrogens (tertiary/aromatic N) is 3. The minimum atomic E-state index is -0.0398. The number of likely N-dealkylation sites (N-methyl/N-ethyl adjacent to an activating group) is 1. The number of carbonyl (C=O) groups is 1. The van der Waals surface area contributed by atoms with Gasteiger partial charge in [0.2, 0.25) is 0 Å². The van der Waals surface area contributed by atoms with Gasteiger partial charge in [-0.25, -0.2) is 0 Å². The normalized spacial score (nSPS) is 29.2. The molecule has 1 unspecified atom stereocenters. The molecule has 2 heterocycles. The molecule has 21 heavy (non-hydrogen) atoms. The van der Waals surface area contributed by atoms with Gasteiger partial charge >= 0.3 is 5.97 Å². The molecule has 2 fully saturated rings. The number of piperazine rings is 1. The molecular weight excluding hydrogens is 266 g/mol. The van der Waals surface area contributed by atoms with E-state index in [0.29, 0.717) is 19.1 Å². The van der Waals surface area contributed by atoms with Gasteiger partial charge in [-0.3, -0.25) is 14.6 Å². The van der Waals surface area contributed by atoms with Crippen LogP contribution in [0, 0.1) is 0 Å². The fraction of sp³-hybridized carbons (Fsp3) is 0.938. The topological polar surface area (TPSA) is 36.0 Å². The molecule has 0 aromatic carbocycles. The molecule has 5 heteroatoms. The zero-order valence-electron chi connectivity index (χ0n) is 14.1. The Morgan fingerprint density at radius 3 is 2.38 bits per heavy atom. The van der Waals surface area contributed by atoms with Crippen molar-refractivity contribution in [3.05, 3.63) is 0 Å². The highest BCUT2D eigenvalue weighted by Gasteiger charge is 2.45. The van der Waals surface area contributed by atoms with E-state index in [-0.39, 0.29) is 11.5 Å². The van der Waals surface area contributed by atoms with Crippen LogP contribution in [-0.2, 0) is 9.53 Å². The van der Waals surface area contributed by atoms with Crippen LogP contribution in [-0.4, -0.2) is 85.2 Å². The Morgan fingerprint density at radius 1 is 1.19 bits per heavy atom. The second kappa shape index (κ2) is 7.07. The standard InChI is InChI=1S/C16H31N3O2/c1-5-21-15(20)12-16(6-7-18(13-16)14(2)3)19-10-8-17(4)9-11-19/h14H,5-13H2,1-4H3. The molecule has 0 aliphatic carbocycles. The van der Waals surface area contributed by atoms with Crippen molar-refractivity contribution in [2.75, 3.05) is 52.9 Å². The van der Waals surface area contributed by atoms with Crippen LogP contribution in [0.1, 0.15) is 33.6 Å². The lowest BCUT2D eigenvalue weighted by Gasteiger charge is -2.45. The summed E-state index contributed by atoms with van der Waals surface area (Å²) in [6, 6.07) is 0.543. The van der Waals surface area contributed by atoms with Crippen LogP contribution in [0.5, 0.6) is 0 Å². The van der Waals surface area contributed by atoms with Gasteiger partial charge in [0.15, 0.2) is 0 Å². The van der Waals surface area contributed by atoms with Crippen molar-refractivity contribution in [1.29, 1.82) is 0 Å². The smallest absolute Gasteiger partial charge is 0.307 e. The first-order chi connectivity index (χ1) is 9.97. The highest BCUT2D eigenvalue weighted by atomic mass is 16.5. The van der Waals surface area contributed by atoms with Gasteiger partial charge in [-0.05, 0) is 34.2 Å². The molecule has 2 rings (SSSR count). The molecule has 5 nitrogen and oxygen atoms in total. The number of esters is 1. The van der Waals surface area contributed by atoms with Gasteiger partial charge < -0.3 is 9.64 Å². The molecular formula is C16H31N3O2. The second-order valence-electron chi connectivity index (χ2n) is 6.81. The summed E-state index contributed by atoms with van der Waals surface area (Å²) in [5, 5.41) is 0. The molecule has 0 saturated carbocycles. The molecule has 0 bridgehead atoms. The molecule has 0 amide bonds. The zero-order chi connectivity index (χ0) is 15.5. The lowest BCUT2D eigenvalue weighted by Crippen LogP contribution is -2.58. The van der Waals surface area contributed by atoms with E-state index in [0.717, 1.165) is 45.7 Å². The maximum atomic E-state index is 12.1. The summed E-state index contributed by atoms with van der Waals surface area (Å²) in [6.07, 6.45) is 1.61. The predicted molar refractivity (Wildman–Crippen MR) is 84.4 cm³/mol. The molecule has 2 aliphatic heterocycles. The van der Waals surface area contributed by atoms with E-state index in [1.165, 1.54) is 0 Å². The van der Waals surface area contributed by atoms with Gasteiger partial charge in [0.1, 0.15) is 0 Å². The monoisotopic (exact) mass is 297 g/mol. The summed E-state index contributed by atoms with van der Waals surface area (Å²) in [5.41, 5.74) is -0.0161. The van der Waals surface area contributed by atoms with Gasteiger partial charge in [-0.1, -0.05) is 0 Å². The van der Waals surface area contributed by atoms with Crippen molar-refractivity contribution < 1.29 is 9.53 Å². The van der Waals surface area contributed by atoms with E-state index in [9.17, 15) is 4.79 Å². The molecule has 2 saturated heterocycles. The number of rotatable bonds is 5. The van der Waals surface area contributed by atoms with Crippen LogP contribution in [0.3, 0.4) is 0 Å². The highest BCUT2D eigenvalue weighted by molar-refractivity contribution is 5.71. The minimum Gasteiger partial charge on any atom is -0.466 e. The molecule has 122 valence electrons. The van der Waals surface area contributed by atoms with Crippen LogP contribution in [0.4, 0.5) is 0 Å². The third-order valence-corrected chi connectivity index (χ3v) is 5.04. The zero-order valence-corrected chi connectivity index (χ0v) is 14.1. The fourth-order valence-electron chi connectivity index (χ4n) is 3.60. The maximum Gasteiger partial charge on any atom is 0.307 e. The van der Waals surface area contributed by atoms with Gasteiger partial charge in [0.05, 0.1) is 13.0 Å². The van der Waals surface area contributed by atoms with Gasteiger partial charge in [0.25, 0.3) is 0 Å². The fourth-order valence-corrected chi connectivity index (χ4v) is 3.60. The van der Waals surface area contributed by atoms with E-state index in [4.69, 9.17) is 4.74 Å². The summed E-state index contributed by atoms with van der Waals surface area (Å²) in [7, 11) is 2.17. The van der Waals surface area contributed by atoms with Crippen molar-refractivity contribution in [3.63, 3.8) is 0 Å². The lowest BCUT2D eigenvalue weighted by molar-refractivity contribution is -0.147. The maximum absolute atomic E-state index is 12.1. The number of carbonyl (C=O) groups excluding carboxylic acids is 1. The molecule has 2 aliphatic rings. The average Bonchev–Trinajstić information content (AvgIpc) is 2.85. The van der Waals surface area contributed by atoms with Crippen molar-refractivity contribution in [1.82, 2.24) is 14.7 Å². The van der Waals surface area contributed by atoms with Gasteiger partial charge in [0, 0.05) is 50.8 Å². The number of ether oxygens (including phenoxy) is 1. The van der Waals surface area contributed by atoms with E-state index in [1.807, 2.05) is 6.92 Å². The molecule has 0 aromatic rings. The average molecular weight is 297 g/mol. The first-order valence-corrected chi connectivity index (χ1v) is 8.30. The molecule has 0 spiro atoms. The summed E-state index contributed by atoms with van der Waals surface area (Å²) in [6.45, 7) is 13.2. The quantitative estimate of drug-likeness (QED) is 0.709. The Bertz CT molecular complexity index is 353. The van der Waals surface area contributed by atoms with E-state index in [1.54, 1.807) is 0 Å². The van der Waals surface area contributed by atoms with E-state index in [2.05, 4.69) is 35.6 Å². The van der Waals surface area contributed by atoms with Crippen LogP contribution >= 0.6 is 0 Å². The third kappa shape index (κ3) is 3.96. The highest BCUT2D eigenvalue weighted by Crippen LogP contribution is 2.33. The van der Waals surface area contributed by atoms with Crippen molar-refractivity contribution in [2.24, 2.45) is 0 Å². The van der Waals surface area contributed by atoms with Gasteiger partial charge in [-0.2, -0.15) is 0 Å². The first kappa shape index (κ1) is 16.7. The third-order valence-electron chi connectivity index (χ3n) is 5.04. The van der Waals surface area contributed by atoms with Crippen molar-refractivity contribution in [3.8, 4) is 0 Å². The molecule has 0 aromatic heterocycles. The van der Waals surface area contributed by atoms with Crippen molar-refractivity contribution >= 4 is 5.97 Å². The largest absolute Gasteiger partial charge is 0.466 e. The summed E-state index contributed by atoms with van der Waals surface area (Å²) in [5.74, 6) is -0.0398. The van der Waals surface area contributed by atoms with Crippen molar-refractivity contribution in [2.45, 2.75) is 45.2 Å². The van der Waals surface area contributed by atoms with E-state index >= 15 is 0 Å². The minimum absolute atomic E-state index is 0.0161. The van der Waals surface area contributed by atoms with Crippen LogP contribution in [0.15, 0.2) is 0 Å².